The number of rotatable bonds is 8. The van der Waals surface area contributed by atoms with Crippen molar-refractivity contribution in [2.45, 2.75) is 38.8 Å². The zero-order chi connectivity index (χ0) is 14.3. The molecule has 0 amide bonds. The zero-order valence-electron chi connectivity index (χ0n) is 13.4. The molecule has 0 unspecified atom stereocenters. The summed E-state index contributed by atoms with van der Waals surface area (Å²) in [5.41, 5.74) is 0. The number of likely N-dealkylation sites (N-methyl/N-ethyl adjacent to an activating group) is 2. The third-order valence-electron chi connectivity index (χ3n) is 3.79. The van der Waals surface area contributed by atoms with E-state index in [0.29, 0.717) is 12.1 Å². The lowest BCUT2D eigenvalue weighted by atomic mass is 10.0. The van der Waals surface area contributed by atoms with Gasteiger partial charge in [0.25, 0.3) is 0 Å². The second-order valence-electron chi connectivity index (χ2n) is 6.21. The summed E-state index contributed by atoms with van der Waals surface area (Å²) in [7, 11) is 4.47. The number of nitrogens with zero attached hydrogens (tertiary/aromatic N) is 2. The smallest absolute Gasteiger partial charge is 0.0857 e. The van der Waals surface area contributed by atoms with Crippen LogP contribution in [-0.4, -0.2) is 74.3 Å². The molecule has 0 N–H and O–H groups in total. The van der Waals surface area contributed by atoms with E-state index < -0.39 is 0 Å². The van der Waals surface area contributed by atoms with Crippen molar-refractivity contribution >= 4 is 11.8 Å². The summed E-state index contributed by atoms with van der Waals surface area (Å²) in [6, 6.07) is 0.593. The van der Waals surface area contributed by atoms with Crippen molar-refractivity contribution < 1.29 is 4.74 Å². The van der Waals surface area contributed by atoms with Crippen LogP contribution < -0.4 is 0 Å². The largest absolute Gasteiger partial charge is 0.374 e. The highest BCUT2D eigenvalue weighted by Crippen LogP contribution is 2.19. The van der Waals surface area contributed by atoms with Gasteiger partial charge in [0.15, 0.2) is 0 Å². The molecule has 114 valence electrons. The van der Waals surface area contributed by atoms with Gasteiger partial charge < -0.3 is 9.64 Å². The van der Waals surface area contributed by atoms with Crippen molar-refractivity contribution in [1.29, 1.82) is 0 Å². The summed E-state index contributed by atoms with van der Waals surface area (Å²) in [5, 5.41) is 0. The molecule has 1 rings (SSSR count). The van der Waals surface area contributed by atoms with E-state index >= 15 is 0 Å². The topological polar surface area (TPSA) is 15.7 Å². The predicted octanol–water partition coefficient (Wildman–Crippen LogP) is 2.42. The lowest BCUT2D eigenvalue weighted by Gasteiger charge is -2.41. The molecule has 1 heterocycles. The Hall–Kier alpha value is 0.230. The van der Waals surface area contributed by atoms with E-state index in [1.54, 1.807) is 0 Å². The standard InChI is InChI=1S/C15H32N2OS/c1-13(2)11-16(3)12-15-14(7-6-10-19-5)17(4)8-9-18-15/h13-15H,6-12H2,1-5H3/t14-,15-/m1/s1. The molecule has 19 heavy (non-hydrogen) atoms. The first-order valence-corrected chi connectivity index (χ1v) is 8.93. The van der Waals surface area contributed by atoms with Crippen LogP contribution in [-0.2, 0) is 4.74 Å². The number of hydrogen-bond acceptors (Lipinski definition) is 4. The number of morpholine rings is 1. The highest BCUT2D eigenvalue weighted by atomic mass is 32.2. The van der Waals surface area contributed by atoms with Gasteiger partial charge in [-0.05, 0) is 44.9 Å². The Balaban J connectivity index is 2.46. The van der Waals surface area contributed by atoms with Gasteiger partial charge in [-0.1, -0.05) is 13.8 Å². The van der Waals surface area contributed by atoms with Gasteiger partial charge in [0, 0.05) is 25.7 Å². The second kappa shape index (κ2) is 9.22. The van der Waals surface area contributed by atoms with Gasteiger partial charge in [-0.2, -0.15) is 11.8 Å². The fourth-order valence-corrected chi connectivity index (χ4v) is 3.39. The van der Waals surface area contributed by atoms with Gasteiger partial charge in [0.05, 0.1) is 12.7 Å². The van der Waals surface area contributed by atoms with Crippen LogP contribution in [0.2, 0.25) is 0 Å². The van der Waals surface area contributed by atoms with Crippen LogP contribution in [0.25, 0.3) is 0 Å². The van der Waals surface area contributed by atoms with Crippen molar-refractivity contribution in [3.63, 3.8) is 0 Å². The van der Waals surface area contributed by atoms with Crippen molar-refractivity contribution in [3.05, 3.63) is 0 Å². The Morgan fingerprint density at radius 2 is 2.16 bits per heavy atom. The van der Waals surface area contributed by atoms with Gasteiger partial charge in [-0.3, -0.25) is 4.90 Å². The van der Waals surface area contributed by atoms with Gasteiger partial charge in [-0.15, -0.1) is 0 Å². The normalized spacial score (nSPS) is 25.4. The van der Waals surface area contributed by atoms with E-state index in [4.69, 9.17) is 4.74 Å². The minimum absolute atomic E-state index is 0.379. The molecule has 1 saturated heterocycles. The molecule has 0 aromatic rings. The molecule has 0 bridgehead atoms. The second-order valence-corrected chi connectivity index (χ2v) is 7.19. The van der Waals surface area contributed by atoms with Crippen LogP contribution in [0.1, 0.15) is 26.7 Å². The van der Waals surface area contributed by atoms with E-state index in [0.717, 1.165) is 32.2 Å². The maximum absolute atomic E-state index is 6.05. The van der Waals surface area contributed by atoms with E-state index in [1.165, 1.54) is 18.6 Å². The quantitative estimate of drug-likeness (QED) is 0.637. The summed E-state index contributed by atoms with van der Waals surface area (Å²) in [6.45, 7) is 8.73. The Labute approximate surface area is 124 Å². The highest BCUT2D eigenvalue weighted by Gasteiger charge is 2.30. The fourth-order valence-electron chi connectivity index (χ4n) is 2.93. The molecule has 0 aromatic carbocycles. The molecular formula is C15H32N2OS. The van der Waals surface area contributed by atoms with Crippen molar-refractivity contribution in [2.75, 3.05) is 52.3 Å². The molecule has 1 aliphatic heterocycles. The number of ether oxygens (including phenoxy) is 1. The fraction of sp³-hybridized carbons (Fsp3) is 1.00. The summed E-state index contributed by atoms with van der Waals surface area (Å²) in [5.74, 6) is 1.99. The first-order chi connectivity index (χ1) is 9.04. The number of hydrogen-bond donors (Lipinski definition) is 0. The van der Waals surface area contributed by atoms with Crippen molar-refractivity contribution in [2.24, 2.45) is 5.92 Å². The van der Waals surface area contributed by atoms with Crippen molar-refractivity contribution in [1.82, 2.24) is 9.80 Å². The molecule has 3 nitrogen and oxygen atoms in total. The molecule has 0 spiro atoms. The maximum Gasteiger partial charge on any atom is 0.0857 e. The molecule has 1 aliphatic rings. The third kappa shape index (κ3) is 6.48. The van der Waals surface area contributed by atoms with E-state index in [-0.39, 0.29) is 0 Å². The Morgan fingerprint density at radius 3 is 2.79 bits per heavy atom. The van der Waals surface area contributed by atoms with Gasteiger partial charge >= 0.3 is 0 Å². The van der Waals surface area contributed by atoms with E-state index in [1.807, 2.05) is 11.8 Å². The monoisotopic (exact) mass is 288 g/mol. The van der Waals surface area contributed by atoms with Gasteiger partial charge in [0.2, 0.25) is 0 Å². The third-order valence-corrected chi connectivity index (χ3v) is 4.48. The van der Waals surface area contributed by atoms with Crippen LogP contribution in [0, 0.1) is 5.92 Å². The minimum atomic E-state index is 0.379. The molecule has 4 heteroatoms. The Kier molecular flexibility index (Phi) is 8.38. The van der Waals surface area contributed by atoms with Crippen LogP contribution >= 0.6 is 11.8 Å². The lowest BCUT2D eigenvalue weighted by molar-refractivity contribution is -0.0748. The maximum atomic E-state index is 6.05. The average Bonchev–Trinajstić information content (AvgIpc) is 2.31. The molecule has 2 atom stereocenters. The van der Waals surface area contributed by atoms with Crippen LogP contribution in [0.15, 0.2) is 0 Å². The Morgan fingerprint density at radius 1 is 1.42 bits per heavy atom. The van der Waals surface area contributed by atoms with E-state index in [9.17, 15) is 0 Å². The summed E-state index contributed by atoms with van der Waals surface area (Å²) in [4.78, 5) is 4.92. The Bertz CT molecular complexity index is 238. The molecule has 0 aliphatic carbocycles. The average molecular weight is 289 g/mol. The van der Waals surface area contributed by atoms with Crippen LogP contribution in [0.5, 0.6) is 0 Å². The van der Waals surface area contributed by atoms with Gasteiger partial charge in [-0.25, -0.2) is 0 Å². The minimum Gasteiger partial charge on any atom is -0.374 e. The lowest BCUT2D eigenvalue weighted by Crippen LogP contribution is -2.53. The molecule has 0 aromatic heterocycles. The highest BCUT2D eigenvalue weighted by molar-refractivity contribution is 7.98. The molecule has 0 saturated carbocycles. The first kappa shape index (κ1) is 17.3. The molecule has 1 fully saturated rings. The zero-order valence-corrected chi connectivity index (χ0v) is 14.2. The summed E-state index contributed by atoms with van der Waals surface area (Å²) >= 11 is 1.95. The first-order valence-electron chi connectivity index (χ1n) is 7.54. The number of thioether (sulfide) groups is 1. The van der Waals surface area contributed by atoms with Crippen LogP contribution in [0.3, 0.4) is 0 Å². The molecule has 0 radical (unpaired) electrons. The van der Waals surface area contributed by atoms with Crippen LogP contribution in [0.4, 0.5) is 0 Å². The summed E-state index contributed by atoms with van der Waals surface area (Å²) < 4.78 is 6.05. The SMILES string of the molecule is CSCCC[C@@H]1[C@@H](CN(C)CC(C)C)OCCN1C. The summed E-state index contributed by atoms with van der Waals surface area (Å²) in [6.07, 6.45) is 5.13. The van der Waals surface area contributed by atoms with Gasteiger partial charge in [0.1, 0.15) is 0 Å². The van der Waals surface area contributed by atoms with E-state index in [2.05, 4.69) is 44.0 Å². The van der Waals surface area contributed by atoms with Crippen molar-refractivity contribution in [3.8, 4) is 0 Å². The predicted molar refractivity (Wildman–Crippen MR) is 86.1 cm³/mol. The molecular weight excluding hydrogens is 256 g/mol.